The van der Waals surface area contributed by atoms with Gasteiger partial charge in [0.1, 0.15) is 22.8 Å². The lowest BCUT2D eigenvalue weighted by molar-refractivity contribution is -0.153. The van der Waals surface area contributed by atoms with Gasteiger partial charge in [0, 0.05) is 23.4 Å². The number of aromatic nitrogens is 5. The van der Waals surface area contributed by atoms with Gasteiger partial charge in [0.25, 0.3) is 18.3 Å². The van der Waals surface area contributed by atoms with Gasteiger partial charge in [0.05, 0.1) is 35.1 Å². The molecule has 1 aliphatic carbocycles. The lowest BCUT2D eigenvalue weighted by Gasteiger charge is -2.33. The first-order chi connectivity index (χ1) is 26.6. The van der Waals surface area contributed by atoms with Crippen LogP contribution in [-0.4, -0.2) is 80.2 Å². The molecule has 13 nitrogen and oxygen atoms in total. The van der Waals surface area contributed by atoms with Gasteiger partial charge in [-0.1, -0.05) is 48.9 Å². The fraction of sp³-hybridized carbons (Fsp3) is 0.444. The lowest BCUT2D eigenvalue weighted by Crippen LogP contribution is -2.47. The Morgan fingerprint density at radius 3 is 2.33 bits per heavy atom. The number of guanidine groups is 1. The summed E-state index contributed by atoms with van der Waals surface area (Å²) in [7, 11) is -3.57. The topological polar surface area (TPSA) is 168 Å². The van der Waals surface area contributed by atoms with Crippen LogP contribution in [0.25, 0.3) is 16.8 Å². The van der Waals surface area contributed by atoms with Crippen molar-refractivity contribution in [2.24, 2.45) is 22.1 Å². The molecule has 57 heavy (non-hydrogen) atoms. The number of carbonyl (C=O) groups excluding carboxylic acids is 2. The number of alkyl halides is 6. The van der Waals surface area contributed by atoms with Crippen LogP contribution >= 0.6 is 11.6 Å². The van der Waals surface area contributed by atoms with E-state index in [-0.39, 0.29) is 46.9 Å². The second-order valence-electron chi connectivity index (χ2n) is 14.6. The molecule has 0 spiro atoms. The van der Waals surface area contributed by atoms with Crippen molar-refractivity contribution in [1.82, 2.24) is 29.4 Å². The van der Waals surface area contributed by atoms with Crippen LogP contribution in [0.15, 0.2) is 66.2 Å². The summed E-state index contributed by atoms with van der Waals surface area (Å²) in [5.74, 6) is -7.19. The number of hydrogen-bond donors (Lipinski definition) is 1. The largest absolute Gasteiger partial charge is 0.463 e. The smallest absolute Gasteiger partial charge is 0.333 e. The van der Waals surface area contributed by atoms with E-state index in [0.717, 1.165) is 35.3 Å². The van der Waals surface area contributed by atoms with E-state index in [2.05, 4.69) is 20.2 Å². The fourth-order valence-electron chi connectivity index (χ4n) is 7.18. The molecule has 306 valence electrons. The monoisotopic (exact) mass is 842 g/mol. The van der Waals surface area contributed by atoms with Crippen LogP contribution in [0.4, 0.5) is 26.3 Å². The first-order valence-corrected chi connectivity index (χ1v) is 19.9. The Labute approximate surface area is 327 Å². The molecule has 1 saturated carbocycles. The molecule has 1 aliphatic heterocycles. The Kier molecular flexibility index (Phi) is 11.3. The molecule has 3 atom stereocenters. The molecule has 0 bridgehead atoms. The van der Waals surface area contributed by atoms with E-state index in [1.807, 2.05) is 0 Å². The highest BCUT2D eigenvalue weighted by Crippen LogP contribution is 2.59. The van der Waals surface area contributed by atoms with E-state index in [4.69, 9.17) is 22.1 Å². The minimum atomic E-state index is -3.57. The number of nitrogens with two attached hydrogens (primary N) is 1. The molecule has 21 heteroatoms. The second-order valence-corrected chi connectivity index (χ2v) is 17.1. The molecule has 0 radical (unpaired) electrons. The summed E-state index contributed by atoms with van der Waals surface area (Å²) >= 11 is 6.43. The Balaban J connectivity index is 1.42. The molecular weight excluding hydrogens is 806 g/mol. The maximum atomic E-state index is 15.0. The summed E-state index contributed by atoms with van der Waals surface area (Å²) < 4.78 is 115. The molecule has 6 rings (SSSR count). The first-order valence-electron chi connectivity index (χ1n) is 17.5. The lowest BCUT2D eigenvalue weighted by atomic mass is 9.81. The Hall–Kier alpha value is -4.98. The van der Waals surface area contributed by atoms with Crippen LogP contribution in [0, 0.1) is 11.3 Å². The molecule has 2 aliphatic rings. The van der Waals surface area contributed by atoms with Crippen molar-refractivity contribution < 1.29 is 49.1 Å². The SMILES string of the molecule is CC(C[C@]1(c2ccc(-c3cnn(C(F)F)c3)cc2)N=C(N)N([C@H](COC(=O)CC2(C(C)(F)F)CC2)c2ccc(Cl)c(-n3ncnc3C(F)F)c2)C1=O)CS(C)(=O)=O. The number of carbonyl (C=O) groups is 2. The normalized spacial score (nSPS) is 19.3. The van der Waals surface area contributed by atoms with Crippen molar-refractivity contribution in [1.29, 1.82) is 0 Å². The van der Waals surface area contributed by atoms with Gasteiger partial charge in [-0.3, -0.25) is 14.5 Å². The Bertz CT molecular complexity index is 2300. The zero-order chi connectivity index (χ0) is 41.7. The minimum absolute atomic E-state index is 0.0553. The van der Waals surface area contributed by atoms with Crippen molar-refractivity contribution >= 4 is 39.3 Å². The third-order valence-electron chi connectivity index (χ3n) is 10.2. The predicted molar refractivity (Wildman–Crippen MR) is 194 cm³/mol. The minimum Gasteiger partial charge on any atom is -0.463 e. The van der Waals surface area contributed by atoms with Gasteiger partial charge in [-0.15, -0.1) is 0 Å². The molecule has 1 amide bonds. The van der Waals surface area contributed by atoms with Gasteiger partial charge in [-0.05, 0) is 60.9 Å². The number of ether oxygens (including phenoxy) is 1. The average Bonchev–Trinajstić information content (AvgIpc) is 3.43. The molecule has 2 aromatic carbocycles. The number of aliphatic imine (C=N–C) groups is 1. The van der Waals surface area contributed by atoms with Gasteiger partial charge < -0.3 is 10.5 Å². The summed E-state index contributed by atoms with van der Waals surface area (Å²) in [6, 6.07) is 8.74. The van der Waals surface area contributed by atoms with Gasteiger partial charge in [0.15, 0.2) is 17.3 Å². The molecule has 3 heterocycles. The summed E-state index contributed by atoms with van der Waals surface area (Å²) in [6.45, 7) is -1.24. The van der Waals surface area contributed by atoms with Crippen LogP contribution < -0.4 is 5.73 Å². The summed E-state index contributed by atoms with van der Waals surface area (Å²) in [6.07, 6.45) is 0.551. The van der Waals surface area contributed by atoms with E-state index in [1.54, 1.807) is 6.92 Å². The highest BCUT2D eigenvalue weighted by molar-refractivity contribution is 7.90. The third-order valence-corrected chi connectivity index (χ3v) is 11.7. The molecule has 1 unspecified atom stereocenters. The zero-order valence-corrected chi connectivity index (χ0v) is 32.2. The number of amides is 1. The maximum Gasteiger partial charge on any atom is 0.333 e. The number of nitrogens with zero attached hydrogens (tertiary/aromatic N) is 7. The van der Waals surface area contributed by atoms with Gasteiger partial charge >= 0.3 is 12.5 Å². The predicted octanol–water partition coefficient (Wildman–Crippen LogP) is 6.65. The van der Waals surface area contributed by atoms with Gasteiger partial charge in [-0.25, -0.2) is 45.3 Å². The average molecular weight is 843 g/mol. The number of halogens is 7. The second kappa shape index (κ2) is 15.4. The van der Waals surface area contributed by atoms with Crippen LogP contribution in [-0.2, 0) is 29.7 Å². The molecule has 2 N–H and O–H groups in total. The number of hydrogen-bond acceptors (Lipinski definition) is 10. The summed E-state index contributed by atoms with van der Waals surface area (Å²) in [5.41, 5.74) is 4.10. The Morgan fingerprint density at radius 1 is 1.07 bits per heavy atom. The zero-order valence-electron chi connectivity index (χ0n) is 30.6. The van der Waals surface area contributed by atoms with Crippen LogP contribution in [0.3, 0.4) is 0 Å². The van der Waals surface area contributed by atoms with E-state index in [1.165, 1.54) is 48.7 Å². The van der Waals surface area contributed by atoms with Crippen molar-refractivity contribution in [3.8, 4) is 16.8 Å². The standard InChI is InChI=1S/C36H37ClF6N8O5S/c1-20(18-57(3,54)55)13-36(24-7-4-21(5-8-24)23-15-46-49(16-23)32(40)41)31(53)50(33(44)48-36)27(17-56-28(52)14-35(10-11-35)34(2,42)43)22-6-9-25(37)26(12-22)51-30(29(38)39)45-19-47-51/h4-9,12,15-16,19-20,27,29,32H,10-11,13-14,17-18H2,1-3H3,(H2,44,48)/t20?,27-,36-/m1/s1. The molecular formula is C36H37ClF6N8O5S. The van der Waals surface area contributed by atoms with Gasteiger partial charge in [-0.2, -0.15) is 19.0 Å². The van der Waals surface area contributed by atoms with Crippen molar-refractivity contribution in [3.63, 3.8) is 0 Å². The van der Waals surface area contributed by atoms with Crippen molar-refractivity contribution in [3.05, 3.63) is 83.2 Å². The van der Waals surface area contributed by atoms with E-state index in [9.17, 15) is 39.6 Å². The maximum absolute atomic E-state index is 15.0. The van der Waals surface area contributed by atoms with Crippen molar-refractivity contribution in [2.75, 3.05) is 18.6 Å². The van der Waals surface area contributed by atoms with Crippen molar-refractivity contribution in [2.45, 2.75) is 70.0 Å². The third kappa shape index (κ3) is 8.51. The van der Waals surface area contributed by atoms with E-state index < -0.39 is 88.3 Å². The Morgan fingerprint density at radius 2 is 1.75 bits per heavy atom. The molecule has 0 saturated heterocycles. The molecule has 1 fully saturated rings. The number of benzene rings is 2. The fourth-order valence-corrected chi connectivity index (χ4v) is 8.53. The number of sulfone groups is 1. The van der Waals surface area contributed by atoms with Gasteiger partial charge in [0.2, 0.25) is 0 Å². The highest BCUT2D eigenvalue weighted by atomic mass is 35.5. The van der Waals surface area contributed by atoms with Crippen LogP contribution in [0.2, 0.25) is 5.02 Å². The van der Waals surface area contributed by atoms with E-state index in [0.29, 0.717) is 15.8 Å². The van der Waals surface area contributed by atoms with E-state index >= 15 is 4.79 Å². The number of esters is 1. The summed E-state index contributed by atoms with van der Waals surface area (Å²) in [4.78, 5) is 37.4. The van der Waals surface area contributed by atoms with Crippen LogP contribution in [0.5, 0.6) is 0 Å². The molecule has 2 aromatic heterocycles. The number of rotatable bonds is 16. The highest BCUT2D eigenvalue weighted by Gasteiger charge is 2.60. The first kappa shape index (κ1) is 41.6. The van der Waals surface area contributed by atoms with Crippen LogP contribution in [0.1, 0.15) is 75.5 Å². The summed E-state index contributed by atoms with van der Waals surface area (Å²) in [5, 5.41) is 7.46. The quantitative estimate of drug-likeness (QED) is 0.0960. The molecule has 4 aromatic rings.